The van der Waals surface area contributed by atoms with E-state index >= 15 is 0 Å². The number of methoxy groups -OCH3 is 2. The van der Waals surface area contributed by atoms with E-state index in [1.807, 2.05) is 5.38 Å². The Morgan fingerprint density at radius 1 is 1.25 bits per heavy atom. The highest BCUT2D eigenvalue weighted by atomic mass is 32.1. The van der Waals surface area contributed by atoms with E-state index in [2.05, 4.69) is 15.3 Å². The molecule has 0 bridgehead atoms. The molecule has 1 aromatic carbocycles. The molecule has 24 heavy (non-hydrogen) atoms. The van der Waals surface area contributed by atoms with Crippen LogP contribution in [0.2, 0.25) is 0 Å². The van der Waals surface area contributed by atoms with Crippen LogP contribution in [0.4, 0.5) is 0 Å². The predicted octanol–water partition coefficient (Wildman–Crippen LogP) is 2.07. The van der Waals surface area contributed by atoms with E-state index < -0.39 is 5.97 Å². The van der Waals surface area contributed by atoms with Gasteiger partial charge in [0.1, 0.15) is 0 Å². The fourth-order valence-electron chi connectivity index (χ4n) is 1.71. The molecule has 0 saturated carbocycles. The Morgan fingerprint density at radius 3 is 2.75 bits per heavy atom. The molecule has 0 aliphatic carbocycles. The van der Waals surface area contributed by atoms with Crippen molar-refractivity contribution in [3.8, 4) is 11.5 Å². The minimum Gasteiger partial charge on any atom is -0.493 e. The second-order valence-electron chi connectivity index (χ2n) is 4.45. The third-order valence-electron chi connectivity index (χ3n) is 2.89. The second kappa shape index (κ2) is 8.68. The Hall–Kier alpha value is -2.87. The molecule has 1 aromatic heterocycles. The van der Waals surface area contributed by atoms with Gasteiger partial charge in [-0.2, -0.15) is 5.10 Å². The van der Waals surface area contributed by atoms with Crippen molar-refractivity contribution in [2.75, 3.05) is 20.8 Å². The van der Waals surface area contributed by atoms with Crippen molar-refractivity contribution in [1.29, 1.82) is 0 Å². The maximum atomic E-state index is 11.7. The maximum absolute atomic E-state index is 11.7. The van der Waals surface area contributed by atoms with Crippen LogP contribution in [0.25, 0.3) is 0 Å². The molecule has 8 heteroatoms. The van der Waals surface area contributed by atoms with Crippen LogP contribution in [-0.4, -0.2) is 38.9 Å². The number of nitrogens with one attached hydrogen (secondary N) is 1. The molecule has 0 unspecified atom stereocenters. The Balaban J connectivity index is 1.99. The first-order valence-corrected chi connectivity index (χ1v) is 7.76. The number of carbonyl (C=O) groups is 2. The summed E-state index contributed by atoms with van der Waals surface area (Å²) < 4.78 is 15.0. The number of ether oxygens (including phenoxy) is 3. The van der Waals surface area contributed by atoms with Gasteiger partial charge in [0.05, 0.1) is 25.3 Å². The van der Waals surface area contributed by atoms with E-state index in [1.165, 1.54) is 31.8 Å². The Morgan fingerprint density at radius 2 is 2.08 bits per heavy atom. The summed E-state index contributed by atoms with van der Waals surface area (Å²) in [6, 6.07) is 8.54. The number of rotatable bonds is 7. The van der Waals surface area contributed by atoms with Gasteiger partial charge < -0.3 is 14.2 Å². The second-order valence-corrected chi connectivity index (χ2v) is 5.40. The highest BCUT2D eigenvalue weighted by Gasteiger charge is 2.08. The molecule has 2 rings (SSSR count). The molecule has 0 aliphatic rings. The summed E-state index contributed by atoms with van der Waals surface area (Å²) in [4.78, 5) is 23.4. The van der Waals surface area contributed by atoms with Crippen LogP contribution in [0.1, 0.15) is 15.2 Å². The van der Waals surface area contributed by atoms with E-state index in [-0.39, 0.29) is 12.5 Å². The van der Waals surface area contributed by atoms with Crippen LogP contribution < -0.4 is 14.9 Å². The van der Waals surface area contributed by atoms with Crippen molar-refractivity contribution < 1.29 is 23.8 Å². The van der Waals surface area contributed by atoms with Crippen LogP contribution in [-0.2, 0) is 9.53 Å². The van der Waals surface area contributed by atoms with Crippen molar-refractivity contribution in [1.82, 2.24) is 5.43 Å². The monoisotopic (exact) mass is 348 g/mol. The van der Waals surface area contributed by atoms with Crippen LogP contribution in [0.5, 0.6) is 11.5 Å². The van der Waals surface area contributed by atoms with Gasteiger partial charge in [-0.15, -0.1) is 11.3 Å². The lowest BCUT2D eigenvalue weighted by Gasteiger charge is -2.10. The first-order chi connectivity index (χ1) is 11.6. The lowest BCUT2D eigenvalue weighted by molar-refractivity contribution is -0.142. The number of carbonyl (C=O) groups excluding carboxylic acids is 2. The lowest BCUT2D eigenvalue weighted by Crippen LogP contribution is -2.16. The largest absolute Gasteiger partial charge is 0.493 e. The number of thiophene rings is 1. The number of hydrogen-bond donors (Lipinski definition) is 1. The van der Waals surface area contributed by atoms with Crippen LogP contribution >= 0.6 is 11.3 Å². The van der Waals surface area contributed by atoms with Gasteiger partial charge in [-0.1, -0.05) is 6.07 Å². The third-order valence-corrected chi connectivity index (χ3v) is 3.75. The summed E-state index contributed by atoms with van der Waals surface area (Å²) >= 11 is 1.33. The first kappa shape index (κ1) is 17.5. The van der Waals surface area contributed by atoms with Gasteiger partial charge in [-0.3, -0.25) is 4.79 Å². The molecule has 0 atom stereocenters. The van der Waals surface area contributed by atoms with E-state index in [9.17, 15) is 9.59 Å². The van der Waals surface area contributed by atoms with Crippen molar-refractivity contribution in [2.24, 2.45) is 5.10 Å². The van der Waals surface area contributed by atoms with Gasteiger partial charge >= 0.3 is 5.97 Å². The summed E-state index contributed by atoms with van der Waals surface area (Å²) in [7, 11) is 2.77. The molecule has 1 amide bonds. The molecule has 126 valence electrons. The fourth-order valence-corrected chi connectivity index (χ4v) is 2.32. The number of nitrogens with zero attached hydrogens (tertiary/aromatic N) is 1. The third kappa shape index (κ3) is 4.82. The molecule has 0 saturated heterocycles. The van der Waals surface area contributed by atoms with Gasteiger partial charge in [0.15, 0.2) is 18.1 Å². The smallest absolute Gasteiger partial charge is 0.343 e. The number of hydrazone groups is 1. The highest BCUT2D eigenvalue weighted by molar-refractivity contribution is 7.12. The van der Waals surface area contributed by atoms with Crippen LogP contribution in [0.15, 0.2) is 40.8 Å². The Kier molecular flexibility index (Phi) is 6.32. The molecular formula is C16H16N2O5S. The highest BCUT2D eigenvalue weighted by Crippen LogP contribution is 2.27. The fraction of sp³-hybridized carbons (Fsp3) is 0.188. The SMILES string of the molecule is COC(=O)COc1ccc(/C=N\NC(=O)c2cccs2)cc1OC. The molecule has 1 heterocycles. The molecule has 2 aromatic rings. The predicted molar refractivity (Wildman–Crippen MR) is 89.9 cm³/mol. The molecule has 7 nitrogen and oxygen atoms in total. The number of amides is 1. The molecule has 0 radical (unpaired) electrons. The van der Waals surface area contributed by atoms with Crippen molar-refractivity contribution >= 4 is 29.4 Å². The summed E-state index contributed by atoms with van der Waals surface area (Å²) in [6.07, 6.45) is 1.48. The quantitative estimate of drug-likeness (QED) is 0.470. The minimum atomic E-state index is -0.487. The van der Waals surface area contributed by atoms with E-state index in [1.54, 1.807) is 30.3 Å². The number of benzene rings is 1. The van der Waals surface area contributed by atoms with Gasteiger partial charge in [0, 0.05) is 0 Å². The van der Waals surface area contributed by atoms with Gasteiger partial charge in [0.25, 0.3) is 5.91 Å². The van der Waals surface area contributed by atoms with Crippen molar-refractivity contribution in [3.63, 3.8) is 0 Å². The average molecular weight is 348 g/mol. The Labute approximate surface area is 142 Å². The number of hydrogen-bond acceptors (Lipinski definition) is 7. The zero-order chi connectivity index (χ0) is 17.4. The van der Waals surface area contributed by atoms with Crippen molar-refractivity contribution in [2.45, 2.75) is 0 Å². The minimum absolute atomic E-state index is 0.211. The van der Waals surface area contributed by atoms with Crippen LogP contribution in [0.3, 0.4) is 0 Å². The zero-order valence-corrected chi connectivity index (χ0v) is 14.0. The molecule has 0 aliphatic heterocycles. The van der Waals surface area contributed by atoms with Crippen molar-refractivity contribution in [3.05, 3.63) is 46.2 Å². The first-order valence-electron chi connectivity index (χ1n) is 6.88. The average Bonchev–Trinajstić information content (AvgIpc) is 3.14. The number of esters is 1. The summed E-state index contributed by atoms with van der Waals surface area (Å²) in [5.74, 6) is 0.0836. The summed E-state index contributed by atoms with van der Waals surface area (Å²) in [6.45, 7) is -0.211. The Bertz CT molecular complexity index is 728. The van der Waals surface area contributed by atoms with Gasteiger partial charge in [-0.05, 0) is 35.2 Å². The normalized spacial score (nSPS) is 10.4. The molecular weight excluding hydrogens is 332 g/mol. The topological polar surface area (TPSA) is 86.2 Å². The van der Waals surface area contributed by atoms with Crippen LogP contribution in [0, 0.1) is 0 Å². The maximum Gasteiger partial charge on any atom is 0.343 e. The van der Waals surface area contributed by atoms with Gasteiger partial charge in [0.2, 0.25) is 0 Å². The van der Waals surface area contributed by atoms with E-state index in [0.717, 1.165) is 0 Å². The zero-order valence-electron chi connectivity index (χ0n) is 13.1. The summed E-state index contributed by atoms with van der Waals surface area (Å²) in [5, 5.41) is 5.72. The van der Waals surface area contributed by atoms with Gasteiger partial charge in [-0.25, -0.2) is 10.2 Å². The molecule has 0 spiro atoms. The summed E-state index contributed by atoms with van der Waals surface area (Å²) in [5.41, 5.74) is 3.14. The molecule has 0 fully saturated rings. The van der Waals surface area contributed by atoms with E-state index in [0.29, 0.717) is 21.9 Å². The standard InChI is InChI=1S/C16H16N2O5S/c1-21-13-8-11(5-6-12(13)23-10-15(19)22-2)9-17-18-16(20)14-4-3-7-24-14/h3-9H,10H2,1-2H3,(H,18,20)/b17-9-. The lowest BCUT2D eigenvalue weighted by atomic mass is 10.2. The molecule has 1 N–H and O–H groups in total. The van der Waals surface area contributed by atoms with E-state index in [4.69, 9.17) is 9.47 Å².